The number of hydrogen-bond acceptors (Lipinski definition) is 2. The lowest BCUT2D eigenvalue weighted by molar-refractivity contribution is -0.116. The summed E-state index contributed by atoms with van der Waals surface area (Å²) in [5.41, 5.74) is 3.36. The van der Waals surface area contributed by atoms with Crippen molar-refractivity contribution in [1.82, 2.24) is 0 Å². The minimum atomic E-state index is 0.114. The van der Waals surface area contributed by atoms with Gasteiger partial charge in [-0.3, -0.25) is 4.79 Å². The van der Waals surface area contributed by atoms with E-state index in [1.54, 1.807) is 0 Å². The smallest absolute Gasteiger partial charge is 0.224 e. The minimum absolute atomic E-state index is 0.114. The number of carbonyl (C=O) groups excluding carboxylic acids is 1. The zero-order chi connectivity index (χ0) is 14.4. The summed E-state index contributed by atoms with van der Waals surface area (Å²) in [5, 5.41) is 3.98. The van der Waals surface area contributed by atoms with Crippen LogP contribution in [0.15, 0.2) is 18.2 Å². The van der Waals surface area contributed by atoms with Crippen LogP contribution in [0.3, 0.4) is 0 Å². The summed E-state index contributed by atoms with van der Waals surface area (Å²) >= 11 is 3.38. The number of halogens is 1. The van der Waals surface area contributed by atoms with Gasteiger partial charge < -0.3 is 10.2 Å². The van der Waals surface area contributed by atoms with Gasteiger partial charge in [0, 0.05) is 36.2 Å². The zero-order valence-electron chi connectivity index (χ0n) is 12.1. The van der Waals surface area contributed by atoms with Gasteiger partial charge in [-0.1, -0.05) is 15.9 Å². The first-order valence-electron chi connectivity index (χ1n) is 7.42. The third-order valence-corrected chi connectivity index (χ3v) is 4.30. The fraction of sp³-hybridized carbons (Fsp3) is 0.562. The first kappa shape index (κ1) is 15.4. The number of anilines is 2. The van der Waals surface area contributed by atoms with Crippen molar-refractivity contribution >= 4 is 33.2 Å². The summed E-state index contributed by atoms with van der Waals surface area (Å²) < 4.78 is 0. The predicted molar refractivity (Wildman–Crippen MR) is 88.9 cm³/mol. The Hall–Kier alpha value is -1.03. The standard InChI is InChI=1S/C16H23BrN2O/c1-13-12-14(19-10-4-5-11-19)7-8-15(13)18-16(20)6-2-3-9-17/h7-8,12H,2-6,9-11H2,1H3,(H,18,20). The molecule has 1 aromatic carbocycles. The maximum Gasteiger partial charge on any atom is 0.224 e. The van der Waals surface area contributed by atoms with E-state index in [-0.39, 0.29) is 5.91 Å². The quantitative estimate of drug-likeness (QED) is 0.625. The second kappa shape index (κ2) is 7.67. The van der Waals surface area contributed by atoms with Crippen LogP contribution in [0.4, 0.5) is 11.4 Å². The molecule has 0 radical (unpaired) electrons. The lowest BCUT2D eigenvalue weighted by atomic mass is 10.1. The molecule has 2 rings (SSSR count). The van der Waals surface area contributed by atoms with Gasteiger partial charge in [0.1, 0.15) is 0 Å². The molecular formula is C16H23BrN2O. The van der Waals surface area contributed by atoms with Crippen molar-refractivity contribution in [2.24, 2.45) is 0 Å². The van der Waals surface area contributed by atoms with Gasteiger partial charge in [0.05, 0.1) is 0 Å². The van der Waals surface area contributed by atoms with Crippen molar-refractivity contribution < 1.29 is 4.79 Å². The van der Waals surface area contributed by atoms with Crippen LogP contribution >= 0.6 is 15.9 Å². The number of benzene rings is 1. The van der Waals surface area contributed by atoms with Crippen LogP contribution in [0.25, 0.3) is 0 Å². The topological polar surface area (TPSA) is 32.3 Å². The Morgan fingerprint density at radius 3 is 2.70 bits per heavy atom. The molecule has 0 unspecified atom stereocenters. The van der Waals surface area contributed by atoms with Crippen molar-refractivity contribution in [2.45, 2.75) is 39.0 Å². The lowest BCUT2D eigenvalue weighted by Crippen LogP contribution is -2.18. The number of hydrogen-bond donors (Lipinski definition) is 1. The summed E-state index contributed by atoms with van der Waals surface area (Å²) in [7, 11) is 0. The van der Waals surface area contributed by atoms with Crippen molar-refractivity contribution in [2.75, 3.05) is 28.6 Å². The first-order valence-corrected chi connectivity index (χ1v) is 8.54. The Kier molecular flexibility index (Phi) is 5.89. The molecule has 20 heavy (non-hydrogen) atoms. The van der Waals surface area contributed by atoms with E-state index >= 15 is 0 Å². The summed E-state index contributed by atoms with van der Waals surface area (Å²) in [5.74, 6) is 0.114. The largest absolute Gasteiger partial charge is 0.372 e. The molecule has 0 atom stereocenters. The molecule has 0 aliphatic carbocycles. The highest BCUT2D eigenvalue weighted by Crippen LogP contribution is 2.25. The molecular weight excluding hydrogens is 316 g/mol. The van der Waals surface area contributed by atoms with Gasteiger partial charge in [-0.2, -0.15) is 0 Å². The summed E-state index contributed by atoms with van der Waals surface area (Å²) in [6, 6.07) is 6.33. The number of rotatable bonds is 6. The van der Waals surface area contributed by atoms with Crippen LogP contribution in [-0.4, -0.2) is 24.3 Å². The van der Waals surface area contributed by atoms with Gasteiger partial charge in [0.2, 0.25) is 5.91 Å². The van der Waals surface area contributed by atoms with Gasteiger partial charge in [0.25, 0.3) is 0 Å². The molecule has 1 amide bonds. The van der Waals surface area contributed by atoms with E-state index in [1.165, 1.54) is 18.5 Å². The maximum atomic E-state index is 11.8. The van der Waals surface area contributed by atoms with Crippen LogP contribution < -0.4 is 10.2 Å². The van der Waals surface area contributed by atoms with Crippen LogP contribution in [0.1, 0.15) is 37.7 Å². The number of carbonyl (C=O) groups is 1. The molecule has 1 N–H and O–H groups in total. The van der Waals surface area contributed by atoms with Crippen molar-refractivity contribution in [3.8, 4) is 0 Å². The average molecular weight is 339 g/mol. The number of aryl methyl sites for hydroxylation is 1. The molecule has 3 nitrogen and oxygen atoms in total. The van der Waals surface area contributed by atoms with Crippen LogP contribution in [0.5, 0.6) is 0 Å². The molecule has 0 spiro atoms. The number of nitrogens with one attached hydrogen (secondary N) is 1. The third kappa shape index (κ3) is 4.23. The summed E-state index contributed by atoms with van der Waals surface area (Å²) in [6.45, 7) is 4.36. The van der Waals surface area contributed by atoms with E-state index in [9.17, 15) is 4.79 Å². The predicted octanol–water partition coefficient (Wildman–Crippen LogP) is 4.10. The molecule has 1 fully saturated rings. The molecule has 1 aliphatic rings. The van der Waals surface area contributed by atoms with Crippen molar-refractivity contribution in [3.63, 3.8) is 0 Å². The molecule has 1 heterocycles. The molecule has 4 heteroatoms. The van der Waals surface area contributed by atoms with Gasteiger partial charge in [-0.05, 0) is 56.4 Å². The fourth-order valence-electron chi connectivity index (χ4n) is 2.55. The minimum Gasteiger partial charge on any atom is -0.372 e. The monoisotopic (exact) mass is 338 g/mol. The first-order chi connectivity index (χ1) is 9.70. The number of nitrogens with zero attached hydrogens (tertiary/aromatic N) is 1. The van der Waals surface area contributed by atoms with Crippen LogP contribution in [0.2, 0.25) is 0 Å². The highest BCUT2D eigenvalue weighted by molar-refractivity contribution is 9.09. The normalized spacial score (nSPS) is 14.6. The van der Waals surface area contributed by atoms with Crippen LogP contribution in [-0.2, 0) is 4.79 Å². The Labute approximate surface area is 129 Å². The third-order valence-electron chi connectivity index (χ3n) is 3.74. The summed E-state index contributed by atoms with van der Waals surface area (Å²) in [6.07, 6.45) is 5.14. The van der Waals surface area contributed by atoms with Gasteiger partial charge in [-0.25, -0.2) is 0 Å². The van der Waals surface area contributed by atoms with Gasteiger partial charge in [0.15, 0.2) is 0 Å². The highest BCUT2D eigenvalue weighted by atomic mass is 79.9. The molecule has 0 bridgehead atoms. The van der Waals surface area contributed by atoms with Gasteiger partial charge in [-0.15, -0.1) is 0 Å². The number of unbranched alkanes of at least 4 members (excludes halogenated alkanes) is 1. The van der Waals surface area contributed by atoms with Gasteiger partial charge >= 0.3 is 0 Å². The van der Waals surface area contributed by atoms with E-state index in [2.05, 4.69) is 45.2 Å². The molecule has 1 aromatic rings. The van der Waals surface area contributed by atoms with E-state index in [0.717, 1.165) is 42.5 Å². The summed E-state index contributed by atoms with van der Waals surface area (Å²) in [4.78, 5) is 14.3. The Bertz CT molecular complexity index is 456. The fourth-order valence-corrected chi connectivity index (χ4v) is 2.95. The van der Waals surface area contributed by atoms with Crippen LogP contribution in [0, 0.1) is 6.92 Å². The zero-order valence-corrected chi connectivity index (χ0v) is 13.7. The SMILES string of the molecule is Cc1cc(N2CCCC2)ccc1NC(=O)CCCCBr. The lowest BCUT2D eigenvalue weighted by Gasteiger charge is -2.19. The Morgan fingerprint density at radius 1 is 1.30 bits per heavy atom. The number of alkyl halides is 1. The average Bonchev–Trinajstić information content (AvgIpc) is 2.95. The second-order valence-corrected chi connectivity index (χ2v) is 6.18. The van der Waals surface area contributed by atoms with Crippen molar-refractivity contribution in [3.05, 3.63) is 23.8 Å². The Balaban J connectivity index is 1.93. The highest BCUT2D eigenvalue weighted by Gasteiger charge is 2.13. The Morgan fingerprint density at radius 2 is 2.05 bits per heavy atom. The maximum absolute atomic E-state index is 11.8. The molecule has 1 saturated heterocycles. The van der Waals surface area contributed by atoms with E-state index in [1.807, 2.05) is 6.07 Å². The molecule has 0 saturated carbocycles. The molecule has 1 aliphatic heterocycles. The van der Waals surface area contributed by atoms with E-state index < -0.39 is 0 Å². The second-order valence-electron chi connectivity index (χ2n) is 5.39. The van der Waals surface area contributed by atoms with Crippen molar-refractivity contribution in [1.29, 1.82) is 0 Å². The number of amides is 1. The van der Waals surface area contributed by atoms with E-state index in [0.29, 0.717) is 6.42 Å². The molecule has 0 aromatic heterocycles. The van der Waals surface area contributed by atoms with E-state index in [4.69, 9.17) is 0 Å². The molecule has 110 valence electrons.